The van der Waals surface area contributed by atoms with Crippen LogP contribution in [-0.4, -0.2) is 59.8 Å². The summed E-state index contributed by atoms with van der Waals surface area (Å²) in [5.74, 6) is 1.30. The first kappa shape index (κ1) is 24.3. The van der Waals surface area contributed by atoms with E-state index in [-0.39, 0.29) is 42.2 Å². The van der Waals surface area contributed by atoms with Crippen LogP contribution in [0.3, 0.4) is 0 Å². The molecule has 0 unspecified atom stereocenters. The van der Waals surface area contributed by atoms with Crippen LogP contribution < -0.4 is 15.4 Å². The van der Waals surface area contributed by atoms with E-state index in [0.717, 1.165) is 5.56 Å². The molecule has 2 rings (SSSR count). The third-order valence-electron chi connectivity index (χ3n) is 3.71. The monoisotopic (exact) mass is 505 g/mol. The Morgan fingerprint density at radius 2 is 2.04 bits per heavy atom. The lowest BCUT2D eigenvalue weighted by molar-refractivity contribution is 0.00701. The molecule has 0 spiro atoms. The fourth-order valence-corrected chi connectivity index (χ4v) is 2.45. The van der Waals surface area contributed by atoms with Gasteiger partial charge in [-0.1, -0.05) is 6.07 Å². The van der Waals surface area contributed by atoms with Crippen molar-refractivity contribution in [2.24, 2.45) is 4.99 Å². The van der Waals surface area contributed by atoms with Crippen molar-refractivity contribution in [2.45, 2.75) is 58.9 Å². The van der Waals surface area contributed by atoms with E-state index in [4.69, 9.17) is 9.47 Å². The van der Waals surface area contributed by atoms with Crippen molar-refractivity contribution in [3.8, 4) is 5.88 Å². The number of pyridine rings is 1. The number of rotatable bonds is 5. The van der Waals surface area contributed by atoms with Crippen LogP contribution in [0.1, 0.15) is 40.2 Å². The molecule has 8 nitrogen and oxygen atoms in total. The predicted molar refractivity (Wildman–Crippen MR) is 120 cm³/mol. The van der Waals surface area contributed by atoms with Crippen LogP contribution in [0.4, 0.5) is 4.79 Å². The second-order valence-corrected chi connectivity index (χ2v) is 7.82. The summed E-state index contributed by atoms with van der Waals surface area (Å²) in [6.45, 7) is 11.3. The SMILES string of the molecule is CN=C(NCc1ccc(OC(C)C)nc1)NC1CN(C(=O)OC(C)(C)C)C1.I. The second kappa shape index (κ2) is 10.7. The topological polar surface area (TPSA) is 88.1 Å². The molecule has 2 heterocycles. The van der Waals surface area contributed by atoms with E-state index in [1.807, 2.05) is 46.8 Å². The second-order valence-electron chi connectivity index (χ2n) is 7.82. The number of nitrogens with one attached hydrogen (secondary N) is 2. The first-order chi connectivity index (χ1) is 12.7. The summed E-state index contributed by atoms with van der Waals surface area (Å²) in [5.41, 5.74) is 0.551. The minimum atomic E-state index is -0.475. The molecule has 9 heteroatoms. The molecule has 1 aliphatic rings. The number of amides is 1. The quantitative estimate of drug-likeness (QED) is 0.364. The Morgan fingerprint density at radius 1 is 1.36 bits per heavy atom. The summed E-state index contributed by atoms with van der Waals surface area (Å²) >= 11 is 0. The molecule has 28 heavy (non-hydrogen) atoms. The normalized spacial score (nSPS) is 14.8. The zero-order chi connectivity index (χ0) is 20.0. The third kappa shape index (κ3) is 8.07. The van der Waals surface area contributed by atoms with Gasteiger partial charge in [-0.05, 0) is 40.2 Å². The van der Waals surface area contributed by atoms with Gasteiger partial charge in [-0.3, -0.25) is 4.99 Å². The Bertz CT molecular complexity index is 653. The Balaban J connectivity index is 0.00000392. The lowest BCUT2D eigenvalue weighted by Crippen LogP contribution is -2.63. The minimum absolute atomic E-state index is 0. The number of aliphatic imine (C=N–C) groups is 1. The molecule has 0 atom stereocenters. The zero-order valence-electron chi connectivity index (χ0n) is 17.5. The number of likely N-dealkylation sites (tertiary alicyclic amines) is 1. The van der Waals surface area contributed by atoms with Gasteiger partial charge in [0.25, 0.3) is 0 Å². The number of halogens is 1. The number of hydrogen-bond acceptors (Lipinski definition) is 5. The molecule has 0 aromatic carbocycles. The van der Waals surface area contributed by atoms with Gasteiger partial charge in [-0.2, -0.15) is 0 Å². The Morgan fingerprint density at radius 3 is 2.54 bits per heavy atom. The van der Waals surface area contributed by atoms with Gasteiger partial charge in [0.15, 0.2) is 5.96 Å². The number of nitrogens with zero attached hydrogens (tertiary/aromatic N) is 3. The van der Waals surface area contributed by atoms with Crippen LogP contribution >= 0.6 is 24.0 Å². The van der Waals surface area contributed by atoms with Crippen LogP contribution in [-0.2, 0) is 11.3 Å². The molecule has 1 aliphatic heterocycles. The zero-order valence-corrected chi connectivity index (χ0v) is 19.8. The largest absolute Gasteiger partial charge is 0.475 e. The van der Waals surface area contributed by atoms with Crippen LogP contribution in [0, 0.1) is 0 Å². The van der Waals surface area contributed by atoms with Gasteiger partial charge < -0.3 is 25.0 Å². The molecule has 1 saturated heterocycles. The number of carbonyl (C=O) groups excluding carboxylic acids is 1. The van der Waals surface area contributed by atoms with Gasteiger partial charge in [-0.25, -0.2) is 9.78 Å². The van der Waals surface area contributed by atoms with E-state index in [9.17, 15) is 4.79 Å². The fourth-order valence-electron chi connectivity index (χ4n) is 2.45. The van der Waals surface area contributed by atoms with Crippen molar-refractivity contribution in [3.05, 3.63) is 23.9 Å². The molecule has 0 saturated carbocycles. The Hall–Kier alpha value is -1.78. The molecular formula is C19H32IN5O3. The molecule has 1 amide bonds. The van der Waals surface area contributed by atoms with Crippen LogP contribution in [0.25, 0.3) is 0 Å². The number of carbonyl (C=O) groups is 1. The fraction of sp³-hybridized carbons (Fsp3) is 0.632. The van der Waals surface area contributed by atoms with E-state index < -0.39 is 5.60 Å². The van der Waals surface area contributed by atoms with Gasteiger partial charge in [0.1, 0.15) is 5.60 Å². The van der Waals surface area contributed by atoms with Gasteiger partial charge in [0.2, 0.25) is 5.88 Å². The molecular weight excluding hydrogens is 473 g/mol. The average molecular weight is 505 g/mol. The maximum absolute atomic E-state index is 12.0. The highest BCUT2D eigenvalue weighted by molar-refractivity contribution is 14.0. The average Bonchev–Trinajstić information content (AvgIpc) is 2.52. The first-order valence-electron chi connectivity index (χ1n) is 9.23. The molecule has 0 aliphatic carbocycles. The number of guanidine groups is 1. The maximum atomic E-state index is 12.0. The van der Waals surface area contributed by atoms with E-state index >= 15 is 0 Å². The van der Waals surface area contributed by atoms with Gasteiger partial charge >= 0.3 is 6.09 Å². The number of aromatic nitrogens is 1. The summed E-state index contributed by atoms with van der Waals surface area (Å²) in [7, 11) is 1.72. The summed E-state index contributed by atoms with van der Waals surface area (Å²) in [4.78, 5) is 22.1. The highest BCUT2D eigenvalue weighted by atomic mass is 127. The molecule has 2 N–H and O–H groups in total. The van der Waals surface area contributed by atoms with E-state index in [1.54, 1.807) is 18.1 Å². The van der Waals surface area contributed by atoms with Crippen LogP contribution in [0.2, 0.25) is 0 Å². The number of hydrogen-bond donors (Lipinski definition) is 2. The lowest BCUT2D eigenvalue weighted by atomic mass is 10.1. The maximum Gasteiger partial charge on any atom is 0.410 e. The lowest BCUT2D eigenvalue weighted by Gasteiger charge is -2.40. The van der Waals surface area contributed by atoms with Crippen molar-refractivity contribution in [3.63, 3.8) is 0 Å². The van der Waals surface area contributed by atoms with Crippen molar-refractivity contribution in [1.29, 1.82) is 0 Å². The van der Waals surface area contributed by atoms with E-state index in [2.05, 4.69) is 20.6 Å². The van der Waals surface area contributed by atoms with Gasteiger partial charge in [0, 0.05) is 38.9 Å². The first-order valence-corrected chi connectivity index (χ1v) is 9.23. The summed E-state index contributed by atoms with van der Waals surface area (Å²) in [6.07, 6.45) is 1.61. The van der Waals surface area contributed by atoms with E-state index in [1.165, 1.54) is 0 Å². The summed E-state index contributed by atoms with van der Waals surface area (Å²) < 4.78 is 10.9. The summed E-state index contributed by atoms with van der Waals surface area (Å²) in [6, 6.07) is 3.99. The third-order valence-corrected chi connectivity index (χ3v) is 3.71. The van der Waals surface area contributed by atoms with E-state index in [0.29, 0.717) is 31.5 Å². The highest BCUT2D eigenvalue weighted by Gasteiger charge is 2.34. The smallest absolute Gasteiger partial charge is 0.410 e. The Kier molecular flexibility index (Phi) is 9.25. The summed E-state index contributed by atoms with van der Waals surface area (Å²) in [5, 5.41) is 6.55. The van der Waals surface area contributed by atoms with Crippen molar-refractivity contribution >= 4 is 36.0 Å². The van der Waals surface area contributed by atoms with Gasteiger partial charge in [0.05, 0.1) is 12.1 Å². The van der Waals surface area contributed by atoms with Crippen LogP contribution in [0.5, 0.6) is 5.88 Å². The molecule has 1 fully saturated rings. The predicted octanol–water partition coefficient (Wildman–Crippen LogP) is 2.77. The van der Waals surface area contributed by atoms with Crippen molar-refractivity contribution in [1.82, 2.24) is 20.5 Å². The molecule has 1 aromatic heterocycles. The standard InChI is InChI=1S/C19H31N5O3.HI/c1-13(2)26-16-8-7-14(9-21-16)10-22-17(20-6)23-15-11-24(12-15)18(25)27-19(3,4)5;/h7-9,13,15H,10-12H2,1-6H3,(H2,20,22,23);1H. The highest BCUT2D eigenvalue weighted by Crippen LogP contribution is 2.15. The van der Waals surface area contributed by atoms with Crippen molar-refractivity contribution in [2.75, 3.05) is 20.1 Å². The van der Waals surface area contributed by atoms with Crippen molar-refractivity contribution < 1.29 is 14.3 Å². The molecule has 0 radical (unpaired) electrons. The molecule has 0 bridgehead atoms. The van der Waals surface area contributed by atoms with Crippen LogP contribution in [0.15, 0.2) is 23.3 Å². The number of ether oxygens (including phenoxy) is 2. The Labute approximate surface area is 184 Å². The van der Waals surface area contributed by atoms with Gasteiger partial charge in [-0.15, -0.1) is 24.0 Å². The minimum Gasteiger partial charge on any atom is -0.475 e. The molecule has 158 valence electrons. The molecule has 1 aromatic rings.